The monoisotopic (exact) mass is 288 g/mol. The molecule has 1 aliphatic heterocycles. The number of para-hydroxylation sites is 1. The average molecular weight is 288 g/mol. The van der Waals surface area contributed by atoms with Gasteiger partial charge < -0.3 is 15.0 Å². The Morgan fingerprint density at radius 1 is 1.24 bits per heavy atom. The smallest absolute Gasteiger partial charge is 0.0718 e. The molecule has 1 heterocycles. The minimum atomic E-state index is 0.261. The molecule has 1 unspecified atom stereocenters. The summed E-state index contributed by atoms with van der Waals surface area (Å²) in [5.41, 5.74) is 3.10. The number of ether oxygens (including phenoxy) is 1. The highest BCUT2D eigenvalue weighted by Crippen LogP contribution is 2.34. The minimum absolute atomic E-state index is 0.261. The maximum absolute atomic E-state index is 5.52. The van der Waals surface area contributed by atoms with Gasteiger partial charge in [-0.2, -0.15) is 0 Å². The number of rotatable bonds is 3. The SMILES string of the molecule is COC(C)CN1CC2(CCCCC2)NCc2ccccc21. The Bertz CT molecular complexity index is 468. The van der Waals surface area contributed by atoms with E-state index in [1.165, 1.54) is 43.4 Å². The highest BCUT2D eigenvalue weighted by atomic mass is 16.5. The molecule has 21 heavy (non-hydrogen) atoms. The first-order chi connectivity index (χ1) is 10.2. The van der Waals surface area contributed by atoms with Crippen LogP contribution in [0, 0.1) is 0 Å². The van der Waals surface area contributed by atoms with Crippen molar-refractivity contribution < 1.29 is 4.74 Å². The fraction of sp³-hybridized carbons (Fsp3) is 0.667. The molecule has 1 aromatic carbocycles. The molecule has 1 fully saturated rings. The van der Waals surface area contributed by atoms with Gasteiger partial charge in [-0.05, 0) is 31.4 Å². The number of methoxy groups -OCH3 is 1. The van der Waals surface area contributed by atoms with E-state index in [9.17, 15) is 0 Å². The normalized spacial score (nSPS) is 22.7. The molecule has 1 saturated carbocycles. The zero-order valence-electron chi connectivity index (χ0n) is 13.4. The molecule has 0 amide bonds. The van der Waals surface area contributed by atoms with Crippen LogP contribution in [0.4, 0.5) is 5.69 Å². The second-order valence-corrected chi connectivity index (χ2v) is 6.75. The number of benzene rings is 1. The van der Waals surface area contributed by atoms with E-state index >= 15 is 0 Å². The summed E-state index contributed by atoms with van der Waals surface area (Å²) in [6.07, 6.45) is 6.98. The number of hydrogen-bond acceptors (Lipinski definition) is 3. The van der Waals surface area contributed by atoms with Gasteiger partial charge in [-0.1, -0.05) is 37.5 Å². The Balaban J connectivity index is 1.88. The van der Waals surface area contributed by atoms with Crippen molar-refractivity contribution in [2.45, 2.75) is 57.2 Å². The Labute approximate surface area is 128 Å². The van der Waals surface area contributed by atoms with Crippen molar-refractivity contribution in [3.63, 3.8) is 0 Å². The molecular formula is C18H28N2O. The standard InChI is InChI=1S/C18H28N2O/c1-15(21-2)13-20-14-18(10-6-3-7-11-18)19-12-16-8-4-5-9-17(16)20/h4-5,8-9,15,19H,3,6-7,10-14H2,1-2H3. The van der Waals surface area contributed by atoms with E-state index in [4.69, 9.17) is 4.74 Å². The van der Waals surface area contributed by atoms with E-state index in [0.717, 1.165) is 19.6 Å². The zero-order valence-corrected chi connectivity index (χ0v) is 13.4. The summed E-state index contributed by atoms with van der Waals surface area (Å²) in [5.74, 6) is 0. The Morgan fingerprint density at radius 2 is 2.00 bits per heavy atom. The highest BCUT2D eigenvalue weighted by molar-refractivity contribution is 5.55. The topological polar surface area (TPSA) is 24.5 Å². The van der Waals surface area contributed by atoms with Crippen molar-refractivity contribution in [3.8, 4) is 0 Å². The summed E-state index contributed by atoms with van der Waals surface area (Å²) >= 11 is 0. The molecule has 3 heteroatoms. The maximum atomic E-state index is 5.52. The number of fused-ring (bicyclic) bond motifs is 1. The van der Waals surface area contributed by atoms with Crippen molar-refractivity contribution >= 4 is 5.69 Å². The van der Waals surface area contributed by atoms with Crippen LogP contribution in [0.15, 0.2) is 24.3 Å². The number of hydrogen-bond donors (Lipinski definition) is 1. The lowest BCUT2D eigenvalue weighted by Crippen LogP contribution is -2.53. The first kappa shape index (κ1) is 14.9. The third-order valence-electron chi connectivity index (χ3n) is 5.17. The van der Waals surface area contributed by atoms with Gasteiger partial charge in [-0.15, -0.1) is 0 Å². The van der Waals surface area contributed by atoms with Crippen molar-refractivity contribution in [1.82, 2.24) is 5.32 Å². The van der Waals surface area contributed by atoms with Crippen LogP contribution in [-0.2, 0) is 11.3 Å². The predicted molar refractivity (Wildman–Crippen MR) is 87.8 cm³/mol. The van der Waals surface area contributed by atoms with E-state index < -0.39 is 0 Å². The van der Waals surface area contributed by atoms with Gasteiger partial charge in [0, 0.05) is 38.0 Å². The lowest BCUT2D eigenvalue weighted by atomic mass is 9.81. The Kier molecular flexibility index (Phi) is 4.51. The molecule has 0 aromatic heterocycles. The quantitative estimate of drug-likeness (QED) is 0.923. The van der Waals surface area contributed by atoms with E-state index in [-0.39, 0.29) is 6.10 Å². The van der Waals surface area contributed by atoms with Gasteiger partial charge in [-0.25, -0.2) is 0 Å². The molecule has 1 atom stereocenters. The third-order valence-corrected chi connectivity index (χ3v) is 5.17. The van der Waals surface area contributed by atoms with Crippen LogP contribution < -0.4 is 10.2 Å². The summed E-state index contributed by atoms with van der Waals surface area (Å²) in [6.45, 7) is 5.23. The van der Waals surface area contributed by atoms with Crippen molar-refractivity contribution in [2.75, 3.05) is 25.1 Å². The number of nitrogens with one attached hydrogen (secondary N) is 1. The zero-order chi connectivity index (χ0) is 14.7. The van der Waals surface area contributed by atoms with Crippen LogP contribution >= 0.6 is 0 Å². The highest BCUT2D eigenvalue weighted by Gasteiger charge is 2.36. The molecule has 2 aliphatic rings. The van der Waals surface area contributed by atoms with Gasteiger partial charge >= 0.3 is 0 Å². The molecule has 0 saturated heterocycles. The summed E-state index contributed by atoms with van der Waals surface area (Å²) in [6, 6.07) is 8.83. The predicted octanol–water partition coefficient (Wildman–Crippen LogP) is 3.33. The largest absolute Gasteiger partial charge is 0.380 e. The molecule has 1 aliphatic carbocycles. The lowest BCUT2D eigenvalue weighted by Gasteiger charge is -2.41. The van der Waals surface area contributed by atoms with E-state index in [1.54, 1.807) is 0 Å². The lowest BCUT2D eigenvalue weighted by molar-refractivity contribution is 0.120. The van der Waals surface area contributed by atoms with Crippen LogP contribution in [0.1, 0.15) is 44.6 Å². The van der Waals surface area contributed by atoms with Crippen LogP contribution in [0.5, 0.6) is 0 Å². The molecule has 1 aromatic rings. The average Bonchev–Trinajstić information content (AvgIpc) is 2.66. The molecule has 0 bridgehead atoms. The fourth-order valence-corrected chi connectivity index (χ4v) is 3.87. The third kappa shape index (κ3) is 3.24. The Hall–Kier alpha value is -1.06. The van der Waals surface area contributed by atoms with Crippen molar-refractivity contribution in [2.24, 2.45) is 0 Å². The molecular weight excluding hydrogens is 260 g/mol. The maximum Gasteiger partial charge on any atom is 0.0718 e. The number of nitrogens with zero attached hydrogens (tertiary/aromatic N) is 1. The minimum Gasteiger partial charge on any atom is -0.380 e. The summed E-state index contributed by atoms with van der Waals surface area (Å²) in [4.78, 5) is 2.55. The van der Waals surface area contributed by atoms with Crippen molar-refractivity contribution in [3.05, 3.63) is 29.8 Å². The van der Waals surface area contributed by atoms with Gasteiger partial charge in [0.25, 0.3) is 0 Å². The molecule has 0 radical (unpaired) electrons. The second kappa shape index (κ2) is 6.37. The van der Waals surface area contributed by atoms with Crippen LogP contribution in [0.25, 0.3) is 0 Å². The van der Waals surface area contributed by atoms with Crippen LogP contribution in [-0.4, -0.2) is 31.8 Å². The summed E-state index contributed by atoms with van der Waals surface area (Å²) in [7, 11) is 1.81. The summed E-state index contributed by atoms with van der Waals surface area (Å²) < 4.78 is 5.52. The van der Waals surface area contributed by atoms with E-state index in [1.807, 2.05) is 7.11 Å². The van der Waals surface area contributed by atoms with Crippen LogP contribution in [0.3, 0.4) is 0 Å². The fourth-order valence-electron chi connectivity index (χ4n) is 3.87. The van der Waals surface area contributed by atoms with Gasteiger partial charge in [0.15, 0.2) is 0 Å². The van der Waals surface area contributed by atoms with Gasteiger partial charge in [-0.3, -0.25) is 0 Å². The summed E-state index contributed by atoms with van der Waals surface area (Å²) in [5, 5.41) is 3.89. The number of anilines is 1. The molecule has 1 spiro atoms. The van der Waals surface area contributed by atoms with Crippen LogP contribution in [0.2, 0.25) is 0 Å². The van der Waals surface area contributed by atoms with Gasteiger partial charge in [0.2, 0.25) is 0 Å². The van der Waals surface area contributed by atoms with Crippen molar-refractivity contribution in [1.29, 1.82) is 0 Å². The first-order valence-corrected chi connectivity index (χ1v) is 8.33. The molecule has 3 nitrogen and oxygen atoms in total. The molecule has 3 rings (SSSR count). The van der Waals surface area contributed by atoms with Gasteiger partial charge in [0.1, 0.15) is 0 Å². The molecule has 1 N–H and O–H groups in total. The van der Waals surface area contributed by atoms with Gasteiger partial charge in [0.05, 0.1) is 6.10 Å². The van der Waals surface area contributed by atoms with E-state index in [0.29, 0.717) is 5.54 Å². The van der Waals surface area contributed by atoms with E-state index in [2.05, 4.69) is 41.4 Å². The first-order valence-electron chi connectivity index (χ1n) is 8.33. The second-order valence-electron chi connectivity index (χ2n) is 6.75. The molecule has 116 valence electrons. The Morgan fingerprint density at radius 3 is 2.76 bits per heavy atom.